The molecule has 0 amide bonds. The van der Waals surface area contributed by atoms with E-state index in [1.807, 2.05) is 36.5 Å². The topological polar surface area (TPSA) is 78.9 Å². The molecular formula is C61H96O6. The van der Waals surface area contributed by atoms with Crippen molar-refractivity contribution >= 4 is 17.9 Å². The Balaban J connectivity index is 4.49. The molecule has 0 aromatic heterocycles. The first-order valence-corrected chi connectivity index (χ1v) is 26.8. The number of ether oxygens (including phenoxy) is 3. The third kappa shape index (κ3) is 52.4. The van der Waals surface area contributed by atoms with Crippen LogP contribution < -0.4 is 0 Å². The molecule has 0 aliphatic heterocycles. The predicted octanol–water partition coefficient (Wildman–Crippen LogP) is 17.9. The van der Waals surface area contributed by atoms with Crippen LogP contribution in [-0.4, -0.2) is 37.2 Å². The summed E-state index contributed by atoms with van der Waals surface area (Å²) in [5, 5.41) is 0. The highest BCUT2D eigenvalue weighted by Gasteiger charge is 2.19. The van der Waals surface area contributed by atoms with E-state index in [1.165, 1.54) is 44.9 Å². The van der Waals surface area contributed by atoms with Gasteiger partial charge in [0, 0.05) is 19.3 Å². The fourth-order valence-corrected chi connectivity index (χ4v) is 6.79. The molecular weight excluding hydrogens is 829 g/mol. The normalized spacial score (nSPS) is 13.2. The Hall–Kier alpha value is -4.45. The maximum absolute atomic E-state index is 12.8. The van der Waals surface area contributed by atoms with Crippen LogP contribution in [0, 0.1) is 0 Å². The molecule has 0 aromatic rings. The molecule has 0 aliphatic rings. The van der Waals surface area contributed by atoms with Crippen molar-refractivity contribution in [2.45, 2.75) is 219 Å². The van der Waals surface area contributed by atoms with Crippen LogP contribution in [0.2, 0.25) is 0 Å². The van der Waals surface area contributed by atoms with Crippen LogP contribution in [0.1, 0.15) is 213 Å². The molecule has 1 unspecified atom stereocenters. The number of carbonyl (C=O) groups is 3. The SMILES string of the molecule is CC/C=C\C/C=C\C/C=C\CCCCCCCCCCCC(=O)OCC(COC(=O)CCCC/C=C\C/C=C\C/C=C\CC)OC(=O)CCCCCCC\C=C/C=C\C=C/C=C\C=C/CCC. The molecule has 0 saturated heterocycles. The average molecular weight is 925 g/mol. The van der Waals surface area contributed by atoms with Crippen molar-refractivity contribution in [3.05, 3.63) is 134 Å². The fraction of sp³-hybridized carbons (Fsp3) is 0.590. The molecule has 1 atom stereocenters. The summed E-state index contributed by atoms with van der Waals surface area (Å²) < 4.78 is 16.8. The van der Waals surface area contributed by atoms with Gasteiger partial charge in [-0.1, -0.05) is 225 Å². The van der Waals surface area contributed by atoms with Crippen molar-refractivity contribution in [2.75, 3.05) is 13.2 Å². The Morgan fingerprint density at radius 2 is 0.642 bits per heavy atom. The minimum atomic E-state index is -0.814. The lowest BCUT2D eigenvalue weighted by molar-refractivity contribution is -0.167. The van der Waals surface area contributed by atoms with E-state index in [-0.39, 0.29) is 37.5 Å². The number of hydrogen-bond acceptors (Lipinski definition) is 6. The molecule has 0 bridgehead atoms. The first-order chi connectivity index (χ1) is 33.0. The van der Waals surface area contributed by atoms with E-state index >= 15 is 0 Å². The van der Waals surface area contributed by atoms with E-state index in [0.29, 0.717) is 12.8 Å². The van der Waals surface area contributed by atoms with E-state index < -0.39 is 6.10 Å². The minimum Gasteiger partial charge on any atom is -0.462 e. The van der Waals surface area contributed by atoms with E-state index in [0.717, 1.165) is 128 Å². The molecule has 0 radical (unpaired) electrons. The van der Waals surface area contributed by atoms with E-state index in [4.69, 9.17) is 14.2 Å². The van der Waals surface area contributed by atoms with Crippen molar-refractivity contribution in [1.29, 1.82) is 0 Å². The Kier molecular flexibility index (Phi) is 50.6. The van der Waals surface area contributed by atoms with Gasteiger partial charge in [-0.3, -0.25) is 14.4 Å². The molecule has 6 heteroatoms. The van der Waals surface area contributed by atoms with Crippen molar-refractivity contribution < 1.29 is 28.6 Å². The number of allylic oxidation sites excluding steroid dienone is 22. The molecule has 0 rings (SSSR count). The first-order valence-electron chi connectivity index (χ1n) is 26.8. The summed E-state index contributed by atoms with van der Waals surface area (Å²) in [6.07, 6.45) is 75.8. The van der Waals surface area contributed by atoms with Gasteiger partial charge in [-0.25, -0.2) is 0 Å². The lowest BCUT2D eigenvalue weighted by Crippen LogP contribution is -2.30. The largest absolute Gasteiger partial charge is 0.462 e. The third-order valence-corrected chi connectivity index (χ3v) is 10.7. The van der Waals surface area contributed by atoms with Crippen LogP contribution in [0.4, 0.5) is 0 Å². The molecule has 0 saturated carbocycles. The van der Waals surface area contributed by atoms with Crippen LogP contribution in [-0.2, 0) is 28.6 Å². The van der Waals surface area contributed by atoms with Crippen LogP contribution in [0.15, 0.2) is 134 Å². The quantitative estimate of drug-likeness (QED) is 0.0199. The molecule has 0 aliphatic carbocycles. The Bertz CT molecular complexity index is 1480. The highest BCUT2D eigenvalue weighted by atomic mass is 16.6. The van der Waals surface area contributed by atoms with Gasteiger partial charge in [-0.2, -0.15) is 0 Å². The summed E-state index contributed by atoms with van der Waals surface area (Å²) in [5.74, 6) is -0.988. The smallest absolute Gasteiger partial charge is 0.306 e. The monoisotopic (exact) mass is 925 g/mol. The van der Waals surface area contributed by atoms with Gasteiger partial charge in [-0.15, -0.1) is 0 Å². The van der Waals surface area contributed by atoms with Crippen LogP contribution >= 0.6 is 0 Å². The summed E-state index contributed by atoms with van der Waals surface area (Å²) >= 11 is 0. The Morgan fingerprint density at radius 3 is 1.07 bits per heavy atom. The van der Waals surface area contributed by atoms with Crippen molar-refractivity contribution in [3.63, 3.8) is 0 Å². The second kappa shape index (κ2) is 54.2. The lowest BCUT2D eigenvalue weighted by atomic mass is 10.1. The van der Waals surface area contributed by atoms with Crippen molar-refractivity contribution in [2.24, 2.45) is 0 Å². The maximum Gasteiger partial charge on any atom is 0.306 e. The molecule has 376 valence electrons. The predicted molar refractivity (Wildman–Crippen MR) is 288 cm³/mol. The van der Waals surface area contributed by atoms with E-state index in [1.54, 1.807) is 0 Å². The van der Waals surface area contributed by atoms with Gasteiger partial charge >= 0.3 is 17.9 Å². The Labute approximate surface area is 411 Å². The second-order valence-electron chi connectivity index (χ2n) is 17.1. The molecule has 0 fully saturated rings. The molecule has 6 nitrogen and oxygen atoms in total. The molecule has 0 aromatic carbocycles. The zero-order valence-electron chi connectivity index (χ0n) is 42.9. The van der Waals surface area contributed by atoms with E-state index in [9.17, 15) is 14.4 Å². The number of rotatable bonds is 46. The molecule has 67 heavy (non-hydrogen) atoms. The lowest BCUT2D eigenvalue weighted by Gasteiger charge is -2.18. The number of esters is 3. The fourth-order valence-electron chi connectivity index (χ4n) is 6.79. The molecule has 0 N–H and O–H groups in total. The van der Waals surface area contributed by atoms with E-state index in [2.05, 4.69) is 118 Å². The highest BCUT2D eigenvalue weighted by Crippen LogP contribution is 2.14. The minimum absolute atomic E-state index is 0.109. The van der Waals surface area contributed by atoms with Gasteiger partial charge in [0.05, 0.1) is 0 Å². The first kappa shape index (κ1) is 62.5. The molecule has 0 heterocycles. The maximum atomic E-state index is 12.8. The van der Waals surface area contributed by atoms with Gasteiger partial charge < -0.3 is 14.2 Å². The summed E-state index contributed by atoms with van der Waals surface area (Å²) in [5.41, 5.74) is 0. The average Bonchev–Trinajstić information content (AvgIpc) is 3.33. The van der Waals surface area contributed by atoms with Gasteiger partial charge in [-0.05, 0) is 103 Å². The van der Waals surface area contributed by atoms with Crippen molar-refractivity contribution in [1.82, 2.24) is 0 Å². The second-order valence-corrected chi connectivity index (χ2v) is 17.1. The number of carbonyl (C=O) groups excluding carboxylic acids is 3. The highest BCUT2D eigenvalue weighted by molar-refractivity contribution is 5.71. The summed E-state index contributed by atoms with van der Waals surface area (Å²) in [6.45, 7) is 6.25. The van der Waals surface area contributed by atoms with Crippen LogP contribution in [0.25, 0.3) is 0 Å². The third-order valence-electron chi connectivity index (χ3n) is 10.7. The standard InChI is InChI=1S/C61H96O6/c1-4-7-10-13-16-19-22-25-27-29-31-33-34-36-39-42-45-48-51-54-60(63)66-57-58(56-65-59(62)53-50-47-44-41-38-24-21-18-15-12-9-6-3)67-61(64)55-52-49-46-43-40-37-35-32-30-28-26-23-20-17-14-11-8-5-2/h7,9-12,14,16-21,23,25-28,30,32,35,38,41,58H,4-6,8,13,15,22,24,29,31,33-34,36-37,39-40,42-57H2,1-3H3/b10-7-,12-9-,14-11-,19-16-,20-17-,21-18-,26-23-,27-25-,30-28-,35-32-,41-38-. The number of hydrogen-bond donors (Lipinski definition) is 0. The molecule has 0 spiro atoms. The van der Waals surface area contributed by atoms with Gasteiger partial charge in [0.2, 0.25) is 0 Å². The van der Waals surface area contributed by atoms with Gasteiger partial charge in [0.25, 0.3) is 0 Å². The summed E-state index contributed by atoms with van der Waals surface area (Å²) in [4.78, 5) is 38.0. The number of unbranched alkanes of at least 4 members (excludes halogenated alkanes) is 17. The van der Waals surface area contributed by atoms with Gasteiger partial charge in [0.15, 0.2) is 6.10 Å². The zero-order valence-corrected chi connectivity index (χ0v) is 42.9. The summed E-state index contributed by atoms with van der Waals surface area (Å²) in [7, 11) is 0. The van der Waals surface area contributed by atoms with Crippen LogP contribution in [0.5, 0.6) is 0 Å². The van der Waals surface area contributed by atoms with Crippen molar-refractivity contribution in [3.8, 4) is 0 Å². The summed E-state index contributed by atoms with van der Waals surface area (Å²) in [6, 6.07) is 0. The zero-order chi connectivity index (χ0) is 48.6. The van der Waals surface area contributed by atoms with Gasteiger partial charge in [0.1, 0.15) is 13.2 Å². The van der Waals surface area contributed by atoms with Crippen LogP contribution in [0.3, 0.4) is 0 Å². The Morgan fingerprint density at radius 1 is 0.328 bits per heavy atom.